The van der Waals surface area contributed by atoms with E-state index < -0.39 is 11.8 Å². The molecule has 6 heteroatoms. The summed E-state index contributed by atoms with van der Waals surface area (Å²) in [5.41, 5.74) is 0.689. The lowest BCUT2D eigenvalue weighted by Gasteiger charge is -2.16. The van der Waals surface area contributed by atoms with Crippen LogP contribution in [0.25, 0.3) is 5.57 Å². The number of nitrogens with zero attached hydrogens (tertiary/aromatic N) is 1. The summed E-state index contributed by atoms with van der Waals surface area (Å²) in [7, 11) is 1.50. The fourth-order valence-corrected chi connectivity index (χ4v) is 2.50. The van der Waals surface area contributed by atoms with E-state index in [1.54, 1.807) is 24.3 Å². The van der Waals surface area contributed by atoms with E-state index in [0.717, 1.165) is 4.90 Å². The molecule has 2 amide bonds. The molecule has 5 nitrogen and oxygen atoms in total. The first-order valence-electron chi connectivity index (χ1n) is 6.98. The lowest BCUT2D eigenvalue weighted by atomic mass is 10.1. The number of carbonyl (C=O) groups is 2. The van der Waals surface area contributed by atoms with Crippen LogP contribution in [0, 0.1) is 0 Å². The Bertz CT molecular complexity index is 624. The normalized spacial score (nSPS) is 15.2. The van der Waals surface area contributed by atoms with Gasteiger partial charge in [0, 0.05) is 5.56 Å². The Balaban J connectivity index is 2.26. The third-order valence-electron chi connectivity index (χ3n) is 3.25. The van der Waals surface area contributed by atoms with Gasteiger partial charge in [0.15, 0.2) is 0 Å². The van der Waals surface area contributed by atoms with E-state index in [2.05, 4.69) is 0 Å². The van der Waals surface area contributed by atoms with E-state index in [-0.39, 0.29) is 29.9 Å². The third kappa shape index (κ3) is 3.15. The number of halogens is 1. The molecular weight excluding hydrogens is 306 g/mol. The predicted molar refractivity (Wildman–Crippen MR) is 83.6 cm³/mol. The number of amides is 2. The molecule has 1 heterocycles. The quantitative estimate of drug-likeness (QED) is 0.755. The van der Waals surface area contributed by atoms with E-state index in [4.69, 9.17) is 21.1 Å². The molecule has 2 rings (SSSR count). The van der Waals surface area contributed by atoms with Crippen LogP contribution in [-0.4, -0.2) is 43.1 Å². The summed E-state index contributed by atoms with van der Waals surface area (Å²) in [5, 5.41) is -0.0842. The SMILES string of the molecule is COc1ccccc1C1=C(Cl)C(=O)N(CCOC(C)C)C1=O. The number of imide groups is 1. The smallest absolute Gasteiger partial charge is 0.273 e. The highest BCUT2D eigenvalue weighted by Gasteiger charge is 2.38. The van der Waals surface area contributed by atoms with Gasteiger partial charge in [-0.25, -0.2) is 0 Å². The Kier molecular flexibility index (Phi) is 5.21. The fraction of sp³-hybridized carbons (Fsp3) is 0.375. The van der Waals surface area contributed by atoms with Crippen molar-refractivity contribution in [3.05, 3.63) is 34.9 Å². The minimum Gasteiger partial charge on any atom is -0.496 e. The van der Waals surface area contributed by atoms with Gasteiger partial charge in [0.2, 0.25) is 0 Å². The zero-order valence-electron chi connectivity index (χ0n) is 12.8. The van der Waals surface area contributed by atoms with Crippen LogP contribution >= 0.6 is 11.6 Å². The number of benzene rings is 1. The van der Waals surface area contributed by atoms with Crippen molar-refractivity contribution in [1.29, 1.82) is 0 Å². The van der Waals surface area contributed by atoms with Crippen molar-refractivity contribution in [3.63, 3.8) is 0 Å². The second-order valence-corrected chi connectivity index (χ2v) is 5.45. The number of hydrogen-bond acceptors (Lipinski definition) is 4. The Morgan fingerprint density at radius 3 is 2.50 bits per heavy atom. The Morgan fingerprint density at radius 2 is 1.86 bits per heavy atom. The molecule has 0 unspecified atom stereocenters. The Hall–Kier alpha value is -1.85. The summed E-state index contributed by atoms with van der Waals surface area (Å²) in [5.74, 6) is -0.427. The topological polar surface area (TPSA) is 55.8 Å². The molecule has 0 N–H and O–H groups in total. The molecule has 22 heavy (non-hydrogen) atoms. The van der Waals surface area contributed by atoms with Gasteiger partial charge in [0.25, 0.3) is 11.8 Å². The van der Waals surface area contributed by atoms with Gasteiger partial charge in [-0.1, -0.05) is 29.8 Å². The van der Waals surface area contributed by atoms with Crippen LogP contribution in [0.15, 0.2) is 29.3 Å². The first-order valence-corrected chi connectivity index (χ1v) is 7.36. The van der Waals surface area contributed by atoms with Gasteiger partial charge >= 0.3 is 0 Å². The number of carbonyl (C=O) groups excluding carboxylic acids is 2. The average molecular weight is 324 g/mol. The summed E-state index contributed by atoms with van der Waals surface area (Å²) in [6, 6.07) is 6.97. The predicted octanol–water partition coefficient (Wildman–Crippen LogP) is 2.44. The number of rotatable bonds is 6. The van der Waals surface area contributed by atoms with Crippen molar-refractivity contribution in [1.82, 2.24) is 4.90 Å². The van der Waals surface area contributed by atoms with Gasteiger partial charge in [0.1, 0.15) is 10.8 Å². The minimum absolute atomic E-state index is 0.0323. The molecule has 1 aliphatic rings. The number of ether oxygens (including phenoxy) is 2. The van der Waals surface area contributed by atoms with Crippen LogP contribution in [-0.2, 0) is 14.3 Å². The monoisotopic (exact) mass is 323 g/mol. The molecule has 0 fully saturated rings. The lowest BCUT2D eigenvalue weighted by Crippen LogP contribution is -2.34. The van der Waals surface area contributed by atoms with Crippen LogP contribution in [0.1, 0.15) is 19.4 Å². The molecule has 1 aromatic carbocycles. The Morgan fingerprint density at radius 1 is 1.18 bits per heavy atom. The highest BCUT2D eigenvalue weighted by Crippen LogP contribution is 2.35. The molecule has 1 aromatic rings. The second kappa shape index (κ2) is 6.94. The van der Waals surface area contributed by atoms with Crippen molar-refractivity contribution in [2.75, 3.05) is 20.3 Å². The maximum atomic E-state index is 12.5. The van der Waals surface area contributed by atoms with E-state index in [1.165, 1.54) is 7.11 Å². The second-order valence-electron chi connectivity index (χ2n) is 5.07. The molecular formula is C16H18ClNO4. The fourth-order valence-electron chi connectivity index (χ4n) is 2.21. The van der Waals surface area contributed by atoms with Crippen molar-refractivity contribution in [3.8, 4) is 5.75 Å². The van der Waals surface area contributed by atoms with Crippen LogP contribution in [0.3, 0.4) is 0 Å². The standard InChI is InChI=1S/C16H18ClNO4/c1-10(2)22-9-8-18-15(19)13(14(17)16(18)20)11-6-4-5-7-12(11)21-3/h4-7,10H,8-9H2,1-3H3. The first kappa shape index (κ1) is 16.5. The third-order valence-corrected chi connectivity index (χ3v) is 3.60. The zero-order valence-corrected chi connectivity index (χ0v) is 13.5. The van der Waals surface area contributed by atoms with Gasteiger partial charge in [0.05, 0.1) is 31.9 Å². The summed E-state index contributed by atoms with van der Waals surface area (Å²) in [6.07, 6.45) is 0.0323. The maximum absolute atomic E-state index is 12.5. The zero-order chi connectivity index (χ0) is 16.3. The molecule has 0 aromatic heterocycles. The van der Waals surface area contributed by atoms with Crippen LogP contribution in [0.5, 0.6) is 5.75 Å². The summed E-state index contributed by atoms with van der Waals surface area (Å²) in [6.45, 7) is 4.22. The Labute approximate surface area is 134 Å². The van der Waals surface area contributed by atoms with Crippen molar-refractivity contribution in [2.24, 2.45) is 0 Å². The first-order chi connectivity index (χ1) is 10.5. The largest absolute Gasteiger partial charge is 0.496 e. The van der Waals surface area contributed by atoms with E-state index in [0.29, 0.717) is 11.3 Å². The minimum atomic E-state index is -0.500. The van der Waals surface area contributed by atoms with Crippen LogP contribution in [0.4, 0.5) is 0 Å². The van der Waals surface area contributed by atoms with Crippen molar-refractivity contribution < 1.29 is 19.1 Å². The molecule has 118 valence electrons. The summed E-state index contributed by atoms with van der Waals surface area (Å²) in [4.78, 5) is 25.8. The van der Waals surface area contributed by atoms with Gasteiger partial charge in [-0.3, -0.25) is 14.5 Å². The maximum Gasteiger partial charge on any atom is 0.273 e. The number of para-hydroxylation sites is 1. The molecule has 0 radical (unpaired) electrons. The van der Waals surface area contributed by atoms with Gasteiger partial charge in [-0.2, -0.15) is 0 Å². The average Bonchev–Trinajstić information content (AvgIpc) is 2.70. The number of hydrogen-bond donors (Lipinski definition) is 0. The molecule has 0 spiro atoms. The highest BCUT2D eigenvalue weighted by atomic mass is 35.5. The molecule has 0 saturated heterocycles. The van der Waals surface area contributed by atoms with Gasteiger partial charge in [-0.15, -0.1) is 0 Å². The van der Waals surface area contributed by atoms with Crippen LogP contribution < -0.4 is 4.74 Å². The van der Waals surface area contributed by atoms with Crippen LogP contribution in [0.2, 0.25) is 0 Å². The highest BCUT2D eigenvalue weighted by molar-refractivity contribution is 6.55. The molecule has 0 saturated carbocycles. The van der Waals surface area contributed by atoms with E-state index in [9.17, 15) is 9.59 Å². The van der Waals surface area contributed by atoms with E-state index in [1.807, 2.05) is 13.8 Å². The van der Waals surface area contributed by atoms with Gasteiger partial charge in [-0.05, 0) is 19.9 Å². The summed E-state index contributed by atoms with van der Waals surface area (Å²) >= 11 is 6.09. The molecule has 0 bridgehead atoms. The molecule has 1 aliphatic heterocycles. The van der Waals surface area contributed by atoms with Crippen molar-refractivity contribution >= 4 is 29.0 Å². The van der Waals surface area contributed by atoms with Crippen molar-refractivity contribution in [2.45, 2.75) is 20.0 Å². The molecule has 0 aliphatic carbocycles. The van der Waals surface area contributed by atoms with Gasteiger partial charge < -0.3 is 9.47 Å². The summed E-state index contributed by atoms with van der Waals surface area (Å²) < 4.78 is 10.6. The van der Waals surface area contributed by atoms with E-state index >= 15 is 0 Å². The number of methoxy groups -OCH3 is 1. The molecule has 0 atom stereocenters. The lowest BCUT2D eigenvalue weighted by molar-refractivity contribution is -0.137.